The predicted molar refractivity (Wildman–Crippen MR) is 106 cm³/mol. The summed E-state index contributed by atoms with van der Waals surface area (Å²) in [5.41, 5.74) is 1.16. The van der Waals surface area contributed by atoms with Crippen molar-refractivity contribution in [3.63, 3.8) is 0 Å². The van der Waals surface area contributed by atoms with E-state index in [0.717, 1.165) is 6.08 Å². The second-order valence-corrected chi connectivity index (χ2v) is 6.46. The predicted octanol–water partition coefficient (Wildman–Crippen LogP) is 2.04. The van der Waals surface area contributed by atoms with Gasteiger partial charge in [0.2, 0.25) is 5.91 Å². The highest BCUT2D eigenvalue weighted by atomic mass is 35.5. The number of benzene rings is 1. The number of anilines is 2. The Morgan fingerprint density at radius 1 is 1.14 bits per heavy atom. The molecule has 1 aliphatic heterocycles. The average Bonchev–Trinajstić information content (AvgIpc) is 2.72. The molecule has 1 N–H and O–H groups in total. The van der Waals surface area contributed by atoms with Gasteiger partial charge in [0.25, 0.3) is 0 Å². The first kappa shape index (κ1) is 21.6. The van der Waals surface area contributed by atoms with Crippen molar-refractivity contribution >= 4 is 40.8 Å². The van der Waals surface area contributed by atoms with E-state index >= 15 is 0 Å². The number of ether oxygens (including phenoxy) is 2. The van der Waals surface area contributed by atoms with Gasteiger partial charge in [-0.3, -0.25) is 4.79 Å². The molecule has 0 aliphatic carbocycles. The van der Waals surface area contributed by atoms with Crippen molar-refractivity contribution in [1.29, 1.82) is 0 Å². The lowest BCUT2D eigenvalue weighted by molar-refractivity contribution is -0.138. The first-order valence-corrected chi connectivity index (χ1v) is 9.25. The molecule has 0 unspecified atom stereocenters. The summed E-state index contributed by atoms with van der Waals surface area (Å²) >= 11 is 6.43. The Hall–Kier alpha value is -2.74. The van der Waals surface area contributed by atoms with Gasteiger partial charge < -0.3 is 24.6 Å². The Kier molecular flexibility index (Phi) is 7.69. The summed E-state index contributed by atoms with van der Waals surface area (Å²) in [6, 6.07) is 5.23. The molecule has 8 nitrogen and oxygen atoms in total. The van der Waals surface area contributed by atoms with Gasteiger partial charge in [-0.25, -0.2) is 9.59 Å². The fourth-order valence-corrected chi connectivity index (χ4v) is 3.21. The average molecular weight is 410 g/mol. The highest BCUT2D eigenvalue weighted by molar-refractivity contribution is 6.34. The van der Waals surface area contributed by atoms with E-state index in [4.69, 9.17) is 16.3 Å². The zero-order valence-electron chi connectivity index (χ0n) is 16.2. The summed E-state index contributed by atoms with van der Waals surface area (Å²) in [5, 5.41) is 3.41. The minimum atomic E-state index is -0.713. The van der Waals surface area contributed by atoms with Crippen molar-refractivity contribution in [3.05, 3.63) is 35.0 Å². The summed E-state index contributed by atoms with van der Waals surface area (Å²) in [4.78, 5) is 39.4. The molecule has 0 atom stereocenters. The van der Waals surface area contributed by atoms with E-state index in [9.17, 15) is 14.4 Å². The fourth-order valence-electron chi connectivity index (χ4n) is 2.92. The van der Waals surface area contributed by atoms with Gasteiger partial charge in [0.1, 0.15) is 5.70 Å². The summed E-state index contributed by atoms with van der Waals surface area (Å²) in [6.45, 7) is 4.20. The fraction of sp³-hybridized carbons (Fsp3) is 0.421. The normalized spacial score (nSPS) is 14.5. The van der Waals surface area contributed by atoms with E-state index < -0.39 is 11.9 Å². The van der Waals surface area contributed by atoms with Crippen LogP contribution in [0.4, 0.5) is 11.4 Å². The first-order chi connectivity index (χ1) is 13.4. The van der Waals surface area contributed by atoms with Crippen LogP contribution in [0.25, 0.3) is 0 Å². The first-order valence-electron chi connectivity index (χ1n) is 8.87. The largest absolute Gasteiger partial charge is 0.466 e. The lowest BCUT2D eigenvalue weighted by atomic mass is 10.2. The van der Waals surface area contributed by atoms with Crippen LogP contribution in [0.3, 0.4) is 0 Å². The molecule has 0 aromatic heterocycles. The van der Waals surface area contributed by atoms with Crippen molar-refractivity contribution < 1.29 is 23.9 Å². The monoisotopic (exact) mass is 409 g/mol. The molecule has 0 bridgehead atoms. The number of carbonyl (C=O) groups excluding carboxylic acids is 3. The maximum absolute atomic E-state index is 12.0. The molecule has 1 fully saturated rings. The minimum absolute atomic E-state index is 0.0716. The third kappa shape index (κ3) is 5.16. The van der Waals surface area contributed by atoms with Gasteiger partial charge in [-0.2, -0.15) is 0 Å². The Balaban J connectivity index is 2.28. The molecule has 1 amide bonds. The molecular weight excluding hydrogens is 386 g/mol. The Morgan fingerprint density at radius 3 is 2.39 bits per heavy atom. The van der Waals surface area contributed by atoms with Gasteiger partial charge >= 0.3 is 11.9 Å². The van der Waals surface area contributed by atoms with Crippen LogP contribution in [-0.4, -0.2) is 63.1 Å². The van der Waals surface area contributed by atoms with E-state index in [1.165, 1.54) is 14.2 Å². The van der Waals surface area contributed by atoms with Gasteiger partial charge in [-0.15, -0.1) is 0 Å². The molecule has 2 rings (SSSR count). The smallest absolute Gasteiger partial charge is 0.354 e. The number of rotatable bonds is 6. The number of piperazine rings is 1. The molecule has 9 heteroatoms. The van der Waals surface area contributed by atoms with Crippen molar-refractivity contribution in [2.45, 2.75) is 13.3 Å². The number of esters is 2. The van der Waals surface area contributed by atoms with Crippen LogP contribution in [0, 0.1) is 0 Å². The Bertz CT molecular complexity index is 773. The van der Waals surface area contributed by atoms with Crippen LogP contribution in [0.15, 0.2) is 30.0 Å². The molecular formula is C19H24ClN3O5. The Labute approximate surface area is 169 Å². The van der Waals surface area contributed by atoms with Gasteiger partial charge in [-0.05, 0) is 12.1 Å². The SMILES string of the molecule is CCC(=O)N1CCN(c2c(Cl)cccc2N/C(=C/C(=O)OC)C(=O)OC)CC1. The van der Waals surface area contributed by atoms with Crippen molar-refractivity contribution in [1.82, 2.24) is 4.90 Å². The number of halogens is 1. The molecule has 0 spiro atoms. The number of hydrogen-bond acceptors (Lipinski definition) is 7. The minimum Gasteiger partial charge on any atom is -0.466 e. The number of para-hydroxylation sites is 1. The van der Waals surface area contributed by atoms with Crippen molar-refractivity contribution in [2.24, 2.45) is 0 Å². The number of carbonyl (C=O) groups is 3. The molecule has 0 saturated carbocycles. The molecule has 1 saturated heterocycles. The number of nitrogens with zero attached hydrogens (tertiary/aromatic N) is 2. The topological polar surface area (TPSA) is 88.2 Å². The second-order valence-electron chi connectivity index (χ2n) is 6.06. The summed E-state index contributed by atoms with van der Waals surface area (Å²) in [6.07, 6.45) is 1.49. The molecule has 152 valence electrons. The third-order valence-corrected chi connectivity index (χ3v) is 4.68. The molecule has 1 aliphatic rings. The standard InChI is InChI=1S/C19H24ClN3O5/c1-4-16(24)22-8-10-23(11-9-22)18-13(20)6-5-7-14(18)21-15(19(26)28-3)12-17(25)27-2/h5-7,12,21H,4,8-11H2,1-3H3/b15-12+. The number of hydrogen-bond donors (Lipinski definition) is 1. The Morgan fingerprint density at radius 2 is 1.82 bits per heavy atom. The van der Waals surface area contributed by atoms with E-state index in [1.54, 1.807) is 18.2 Å². The molecule has 1 aromatic rings. The zero-order valence-corrected chi connectivity index (χ0v) is 16.9. The number of methoxy groups -OCH3 is 2. The van der Waals surface area contributed by atoms with E-state index in [1.807, 2.05) is 16.7 Å². The molecule has 1 heterocycles. The zero-order chi connectivity index (χ0) is 20.7. The summed E-state index contributed by atoms with van der Waals surface area (Å²) < 4.78 is 9.32. The van der Waals surface area contributed by atoms with E-state index in [0.29, 0.717) is 49.0 Å². The molecule has 0 radical (unpaired) electrons. The van der Waals surface area contributed by atoms with E-state index in [2.05, 4.69) is 10.1 Å². The summed E-state index contributed by atoms with van der Waals surface area (Å²) in [7, 11) is 2.44. The van der Waals surface area contributed by atoms with Gasteiger partial charge in [0, 0.05) is 32.6 Å². The lowest BCUT2D eigenvalue weighted by Crippen LogP contribution is -2.48. The molecule has 1 aromatic carbocycles. The van der Waals surface area contributed by atoms with Crippen molar-refractivity contribution in [2.75, 3.05) is 50.6 Å². The lowest BCUT2D eigenvalue weighted by Gasteiger charge is -2.37. The second kappa shape index (κ2) is 9.98. The van der Waals surface area contributed by atoms with E-state index in [-0.39, 0.29) is 11.6 Å². The number of nitrogens with one attached hydrogen (secondary N) is 1. The van der Waals surface area contributed by atoms with Crippen LogP contribution in [0.5, 0.6) is 0 Å². The number of amides is 1. The quantitative estimate of drug-likeness (QED) is 0.568. The van der Waals surface area contributed by atoms with Gasteiger partial charge in [-0.1, -0.05) is 24.6 Å². The van der Waals surface area contributed by atoms with Crippen molar-refractivity contribution in [3.8, 4) is 0 Å². The highest BCUT2D eigenvalue weighted by Crippen LogP contribution is 2.35. The van der Waals surface area contributed by atoms with Crippen LogP contribution in [0.2, 0.25) is 5.02 Å². The van der Waals surface area contributed by atoms with Crippen LogP contribution in [-0.2, 0) is 23.9 Å². The van der Waals surface area contributed by atoms with Crippen LogP contribution < -0.4 is 10.2 Å². The third-order valence-electron chi connectivity index (χ3n) is 4.38. The van der Waals surface area contributed by atoms with Crippen LogP contribution in [0.1, 0.15) is 13.3 Å². The summed E-state index contributed by atoms with van der Waals surface area (Å²) in [5.74, 6) is -1.29. The maximum Gasteiger partial charge on any atom is 0.354 e. The highest BCUT2D eigenvalue weighted by Gasteiger charge is 2.24. The maximum atomic E-state index is 12.0. The van der Waals surface area contributed by atoms with Gasteiger partial charge in [0.05, 0.1) is 36.7 Å². The molecule has 28 heavy (non-hydrogen) atoms. The van der Waals surface area contributed by atoms with Gasteiger partial charge in [0.15, 0.2) is 0 Å². The van der Waals surface area contributed by atoms with Crippen LogP contribution >= 0.6 is 11.6 Å².